The van der Waals surface area contributed by atoms with Gasteiger partial charge < -0.3 is 33.0 Å². The summed E-state index contributed by atoms with van der Waals surface area (Å²) in [5.74, 6) is 1.03. The van der Waals surface area contributed by atoms with Crippen molar-refractivity contribution in [2.75, 3.05) is 26.9 Å². The van der Waals surface area contributed by atoms with Crippen LogP contribution in [0, 0.1) is 5.92 Å². The molecule has 204 valence electrons. The lowest BCUT2D eigenvalue weighted by atomic mass is 9.65. The molecule has 1 saturated carbocycles. The van der Waals surface area contributed by atoms with Gasteiger partial charge in [0, 0.05) is 24.7 Å². The lowest BCUT2D eigenvalue weighted by Crippen LogP contribution is -2.73. The number of nitrogens with zero attached hydrogens (tertiary/aromatic N) is 1. The first-order valence-corrected chi connectivity index (χ1v) is 14.0. The molecule has 0 unspecified atom stereocenters. The standard InChI is InChI=1S/C30H48N6O/c1-22-25(19-26(32)13-11-23-12-14-27(35-21-31)28(18-23)37-2)10-6-15-29(22,33)30(34)16-7-17-36(30)20-24-8-4-3-5-9-24/h4,8-9,18-19,25,35H,1,3,5-7,10-17,20-21,31-34H2,2H3/b26-19-/t25-,29+,30+/m0/s1. The lowest BCUT2D eigenvalue weighted by Gasteiger charge is -2.53. The normalized spacial score (nSPS) is 31.4. The summed E-state index contributed by atoms with van der Waals surface area (Å²) in [6.07, 6.45) is 21.9. The SMILES string of the molecule is C=C1[C@H](/C=C(\N)CCC2=CC(OC)=C(NCN)CC2)CCC[C@]1(N)[C@@]1(N)CCCN1CC1=CCCC=C1. The van der Waals surface area contributed by atoms with E-state index in [1.807, 2.05) is 0 Å². The third kappa shape index (κ3) is 5.90. The zero-order chi connectivity index (χ0) is 26.5. The molecule has 0 spiro atoms. The summed E-state index contributed by atoms with van der Waals surface area (Å²) < 4.78 is 5.56. The number of hydrogen-bond acceptors (Lipinski definition) is 7. The van der Waals surface area contributed by atoms with Gasteiger partial charge in [0.25, 0.3) is 0 Å². The Morgan fingerprint density at radius 3 is 2.81 bits per heavy atom. The van der Waals surface area contributed by atoms with E-state index in [4.69, 9.17) is 27.7 Å². The summed E-state index contributed by atoms with van der Waals surface area (Å²) in [7, 11) is 1.70. The van der Waals surface area contributed by atoms with Crippen molar-refractivity contribution >= 4 is 0 Å². The molecule has 37 heavy (non-hydrogen) atoms. The van der Waals surface area contributed by atoms with E-state index >= 15 is 0 Å². The second-order valence-electron chi connectivity index (χ2n) is 11.2. The Morgan fingerprint density at radius 1 is 1.24 bits per heavy atom. The highest BCUT2D eigenvalue weighted by molar-refractivity contribution is 5.35. The highest BCUT2D eigenvalue weighted by Crippen LogP contribution is 2.46. The van der Waals surface area contributed by atoms with Crippen LogP contribution < -0.4 is 28.3 Å². The third-order valence-corrected chi connectivity index (χ3v) is 8.89. The third-order valence-electron chi connectivity index (χ3n) is 8.89. The van der Waals surface area contributed by atoms with Gasteiger partial charge in [0.15, 0.2) is 0 Å². The van der Waals surface area contributed by atoms with Gasteiger partial charge >= 0.3 is 0 Å². The van der Waals surface area contributed by atoms with Crippen LogP contribution >= 0.6 is 0 Å². The average molecular weight is 509 g/mol. The summed E-state index contributed by atoms with van der Waals surface area (Å²) in [5.41, 5.74) is 31.2. The van der Waals surface area contributed by atoms with Gasteiger partial charge in [0.2, 0.25) is 0 Å². The molecule has 0 radical (unpaired) electrons. The predicted molar refractivity (Wildman–Crippen MR) is 153 cm³/mol. The number of methoxy groups -OCH3 is 1. The molecule has 4 rings (SSSR count). The summed E-state index contributed by atoms with van der Waals surface area (Å²) >= 11 is 0. The minimum atomic E-state index is -0.626. The maximum absolute atomic E-state index is 7.25. The molecule has 1 heterocycles. The van der Waals surface area contributed by atoms with E-state index in [0.717, 1.165) is 106 Å². The first-order valence-electron chi connectivity index (χ1n) is 14.0. The Balaban J connectivity index is 1.43. The van der Waals surface area contributed by atoms with Gasteiger partial charge in [-0.05, 0) is 81.4 Å². The van der Waals surface area contributed by atoms with E-state index in [2.05, 4.69) is 47.2 Å². The highest BCUT2D eigenvalue weighted by atomic mass is 16.5. The first-order chi connectivity index (χ1) is 17.8. The van der Waals surface area contributed by atoms with Crippen LogP contribution in [0.1, 0.15) is 70.6 Å². The Bertz CT molecular complexity index is 1010. The van der Waals surface area contributed by atoms with E-state index in [1.165, 1.54) is 11.1 Å². The zero-order valence-electron chi connectivity index (χ0n) is 22.7. The van der Waals surface area contributed by atoms with Gasteiger partial charge in [-0.1, -0.05) is 42.9 Å². The zero-order valence-corrected chi connectivity index (χ0v) is 22.7. The number of nitrogens with two attached hydrogens (primary N) is 4. The molecule has 0 aromatic heterocycles. The maximum Gasteiger partial charge on any atom is 0.137 e. The Morgan fingerprint density at radius 2 is 2.08 bits per heavy atom. The van der Waals surface area contributed by atoms with E-state index < -0.39 is 11.2 Å². The molecule has 3 aliphatic carbocycles. The van der Waals surface area contributed by atoms with E-state index in [9.17, 15) is 0 Å². The number of allylic oxidation sites excluding steroid dienone is 7. The van der Waals surface area contributed by atoms with E-state index in [1.54, 1.807) is 7.11 Å². The molecular weight excluding hydrogens is 460 g/mol. The second kappa shape index (κ2) is 12.0. The van der Waals surface area contributed by atoms with Crippen LogP contribution in [0.2, 0.25) is 0 Å². The maximum atomic E-state index is 7.25. The molecule has 0 bridgehead atoms. The van der Waals surface area contributed by atoms with Gasteiger partial charge in [-0.15, -0.1) is 0 Å². The summed E-state index contributed by atoms with van der Waals surface area (Å²) in [4.78, 5) is 2.42. The molecule has 4 aliphatic rings. The number of hydrogen-bond donors (Lipinski definition) is 5. The predicted octanol–water partition coefficient (Wildman–Crippen LogP) is 3.77. The fourth-order valence-electron chi connectivity index (χ4n) is 6.65. The van der Waals surface area contributed by atoms with Crippen LogP contribution in [0.3, 0.4) is 0 Å². The molecule has 1 aliphatic heterocycles. The van der Waals surface area contributed by atoms with Gasteiger partial charge in [-0.3, -0.25) is 4.90 Å². The fraction of sp³-hybridized carbons (Fsp3) is 0.600. The molecule has 7 heteroatoms. The molecule has 1 saturated heterocycles. The highest BCUT2D eigenvalue weighted by Gasteiger charge is 2.55. The smallest absolute Gasteiger partial charge is 0.137 e. The number of likely N-dealkylation sites (tertiary alicyclic amines) is 1. The molecule has 3 atom stereocenters. The Hall–Kier alpha value is -2.32. The van der Waals surface area contributed by atoms with Gasteiger partial charge in [0.05, 0.1) is 30.7 Å². The summed E-state index contributed by atoms with van der Waals surface area (Å²) in [6.45, 7) is 6.80. The number of rotatable bonds is 10. The minimum absolute atomic E-state index is 0.158. The van der Waals surface area contributed by atoms with Crippen molar-refractivity contribution < 1.29 is 4.74 Å². The van der Waals surface area contributed by atoms with Crippen molar-refractivity contribution in [2.24, 2.45) is 28.9 Å². The molecule has 2 fully saturated rings. The molecule has 0 aromatic carbocycles. The Kier molecular flexibility index (Phi) is 9.01. The monoisotopic (exact) mass is 508 g/mol. The summed E-state index contributed by atoms with van der Waals surface area (Å²) in [5, 5.41) is 3.20. The molecular formula is C30H48N6O. The number of ether oxygens (including phenoxy) is 1. The molecule has 7 nitrogen and oxygen atoms in total. The fourth-order valence-corrected chi connectivity index (χ4v) is 6.65. The molecule has 0 aromatic rings. The number of nitrogens with one attached hydrogen (secondary N) is 1. The van der Waals surface area contributed by atoms with Crippen LogP contribution in [0.15, 0.2) is 70.8 Å². The average Bonchev–Trinajstić information content (AvgIpc) is 3.28. The van der Waals surface area contributed by atoms with Crippen molar-refractivity contribution in [3.63, 3.8) is 0 Å². The first kappa shape index (κ1) is 27.7. The van der Waals surface area contributed by atoms with Crippen LogP contribution in [0.4, 0.5) is 0 Å². The van der Waals surface area contributed by atoms with Gasteiger partial charge in [-0.2, -0.15) is 0 Å². The quantitative estimate of drug-likeness (QED) is 0.224. The van der Waals surface area contributed by atoms with Crippen LogP contribution in [-0.2, 0) is 4.74 Å². The van der Waals surface area contributed by atoms with Crippen molar-refractivity contribution in [1.82, 2.24) is 10.2 Å². The van der Waals surface area contributed by atoms with Crippen LogP contribution in [0.5, 0.6) is 0 Å². The second-order valence-corrected chi connectivity index (χ2v) is 11.2. The van der Waals surface area contributed by atoms with Crippen LogP contribution in [0.25, 0.3) is 0 Å². The van der Waals surface area contributed by atoms with Gasteiger partial charge in [-0.25, -0.2) is 0 Å². The van der Waals surface area contributed by atoms with E-state index in [0.29, 0.717) is 6.67 Å². The minimum Gasteiger partial charge on any atom is -0.495 e. The van der Waals surface area contributed by atoms with Crippen molar-refractivity contribution in [3.8, 4) is 0 Å². The largest absolute Gasteiger partial charge is 0.495 e. The molecule has 0 amide bonds. The molecule has 9 N–H and O–H groups in total. The van der Waals surface area contributed by atoms with Gasteiger partial charge in [0.1, 0.15) is 5.76 Å². The van der Waals surface area contributed by atoms with Crippen LogP contribution in [-0.4, -0.2) is 43.0 Å². The van der Waals surface area contributed by atoms with Crippen molar-refractivity contribution in [1.29, 1.82) is 0 Å². The lowest BCUT2D eigenvalue weighted by molar-refractivity contribution is 0.0621. The Labute approximate surface area is 223 Å². The topological polar surface area (TPSA) is 129 Å². The van der Waals surface area contributed by atoms with Crippen molar-refractivity contribution in [2.45, 2.75) is 81.8 Å². The van der Waals surface area contributed by atoms with E-state index in [-0.39, 0.29) is 5.92 Å². The summed E-state index contributed by atoms with van der Waals surface area (Å²) in [6, 6.07) is 0. The van der Waals surface area contributed by atoms with Crippen molar-refractivity contribution in [3.05, 3.63) is 70.8 Å².